The molecule has 114 valence electrons. The number of aryl methyl sites for hydroxylation is 1. The van der Waals surface area contributed by atoms with Crippen LogP contribution in [0.2, 0.25) is 0 Å². The van der Waals surface area contributed by atoms with Crippen LogP contribution in [0.4, 0.5) is 5.69 Å². The van der Waals surface area contributed by atoms with E-state index in [-0.39, 0.29) is 5.41 Å². The van der Waals surface area contributed by atoms with Crippen molar-refractivity contribution in [1.82, 2.24) is 0 Å². The summed E-state index contributed by atoms with van der Waals surface area (Å²) in [6.07, 6.45) is 0. The zero-order chi connectivity index (χ0) is 16.2. The second-order valence-corrected chi connectivity index (χ2v) is 7.01. The van der Waals surface area contributed by atoms with Crippen LogP contribution in [0.3, 0.4) is 0 Å². The fourth-order valence-corrected chi connectivity index (χ4v) is 3.83. The third kappa shape index (κ3) is 2.00. The summed E-state index contributed by atoms with van der Waals surface area (Å²) in [5, 5.41) is 0. The number of benzene rings is 3. The zero-order valence-electron chi connectivity index (χ0n) is 13.9. The molecule has 0 radical (unpaired) electrons. The highest BCUT2D eigenvalue weighted by Gasteiger charge is 2.35. The van der Waals surface area contributed by atoms with E-state index >= 15 is 0 Å². The Balaban J connectivity index is 1.98. The Morgan fingerprint density at radius 2 is 1.43 bits per heavy atom. The van der Waals surface area contributed by atoms with Gasteiger partial charge >= 0.3 is 0 Å². The van der Waals surface area contributed by atoms with Gasteiger partial charge in [0.1, 0.15) is 0 Å². The van der Waals surface area contributed by atoms with Crippen molar-refractivity contribution >= 4 is 5.69 Å². The Morgan fingerprint density at radius 3 is 2.17 bits per heavy atom. The van der Waals surface area contributed by atoms with E-state index in [9.17, 15) is 0 Å². The lowest BCUT2D eigenvalue weighted by Gasteiger charge is -2.22. The first-order chi connectivity index (χ1) is 11.0. The maximum Gasteiger partial charge on any atom is 0.0314 e. The van der Waals surface area contributed by atoms with Crippen molar-refractivity contribution in [3.8, 4) is 22.3 Å². The average Bonchev–Trinajstić information content (AvgIpc) is 2.76. The van der Waals surface area contributed by atoms with E-state index in [4.69, 9.17) is 5.73 Å². The molecule has 1 nitrogen and oxygen atoms in total. The van der Waals surface area contributed by atoms with Gasteiger partial charge in [0, 0.05) is 11.1 Å². The second-order valence-electron chi connectivity index (χ2n) is 7.01. The molecule has 0 fully saturated rings. The quantitative estimate of drug-likeness (QED) is 0.586. The van der Waals surface area contributed by atoms with Crippen LogP contribution in [0.1, 0.15) is 30.5 Å². The molecule has 1 aliphatic carbocycles. The molecule has 0 heterocycles. The third-order valence-electron chi connectivity index (χ3n) is 5.15. The monoisotopic (exact) mass is 299 g/mol. The summed E-state index contributed by atoms with van der Waals surface area (Å²) < 4.78 is 0. The minimum absolute atomic E-state index is 0.0658. The molecule has 0 unspecified atom stereocenters. The molecule has 3 aromatic carbocycles. The minimum Gasteiger partial charge on any atom is -0.399 e. The topological polar surface area (TPSA) is 26.0 Å². The molecule has 23 heavy (non-hydrogen) atoms. The van der Waals surface area contributed by atoms with Crippen molar-refractivity contribution in [2.45, 2.75) is 26.2 Å². The van der Waals surface area contributed by atoms with Gasteiger partial charge in [-0.3, -0.25) is 0 Å². The lowest BCUT2D eigenvalue weighted by Crippen LogP contribution is -2.15. The van der Waals surface area contributed by atoms with Crippen LogP contribution in [0.25, 0.3) is 22.3 Å². The summed E-state index contributed by atoms with van der Waals surface area (Å²) in [5.74, 6) is 0. The SMILES string of the molecule is Cc1cc2c(cc1-c1ccc(N)cc1)-c1ccccc1C2(C)C. The molecule has 1 heteroatoms. The highest BCUT2D eigenvalue weighted by molar-refractivity contribution is 5.85. The van der Waals surface area contributed by atoms with Crippen LogP contribution >= 0.6 is 0 Å². The van der Waals surface area contributed by atoms with Crippen molar-refractivity contribution in [3.05, 3.63) is 77.4 Å². The van der Waals surface area contributed by atoms with Gasteiger partial charge in [-0.2, -0.15) is 0 Å². The average molecular weight is 299 g/mol. The zero-order valence-corrected chi connectivity index (χ0v) is 13.9. The number of hydrogen-bond donors (Lipinski definition) is 1. The fourth-order valence-electron chi connectivity index (χ4n) is 3.83. The highest BCUT2D eigenvalue weighted by Crippen LogP contribution is 2.50. The van der Waals surface area contributed by atoms with E-state index in [1.807, 2.05) is 12.1 Å². The number of anilines is 1. The Bertz CT molecular complexity index is 902. The summed E-state index contributed by atoms with van der Waals surface area (Å²) >= 11 is 0. The van der Waals surface area contributed by atoms with E-state index in [2.05, 4.69) is 69.3 Å². The molecule has 0 amide bonds. The van der Waals surface area contributed by atoms with Crippen molar-refractivity contribution in [1.29, 1.82) is 0 Å². The van der Waals surface area contributed by atoms with Crippen LogP contribution in [0, 0.1) is 6.92 Å². The van der Waals surface area contributed by atoms with Crippen LogP contribution in [0.15, 0.2) is 60.7 Å². The van der Waals surface area contributed by atoms with Crippen LogP contribution < -0.4 is 5.73 Å². The Hall–Kier alpha value is -2.54. The molecule has 0 saturated carbocycles. The van der Waals surface area contributed by atoms with Crippen molar-refractivity contribution in [2.24, 2.45) is 0 Å². The van der Waals surface area contributed by atoms with E-state index in [0.717, 1.165) is 5.69 Å². The molecule has 1 aliphatic rings. The number of nitrogens with two attached hydrogens (primary N) is 1. The number of fused-ring (bicyclic) bond motifs is 3. The first-order valence-corrected chi connectivity index (χ1v) is 8.09. The predicted octanol–water partition coefficient (Wildman–Crippen LogP) is 5.55. The van der Waals surface area contributed by atoms with Gasteiger partial charge < -0.3 is 5.73 Å². The molecule has 0 spiro atoms. The summed E-state index contributed by atoms with van der Waals surface area (Å²) in [6, 6.07) is 21.6. The first-order valence-electron chi connectivity index (χ1n) is 8.09. The van der Waals surface area contributed by atoms with Crippen LogP contribution in [0.5, 0.6) is 0 Å². The maximum absolute atomic E-state index is 5.83. The Labute approximate surface area is 137 Å². The van der Waals surface area contributed by atoms with E-state index in [1.165, 1.54) is 38.9 Å². The van der Waals surface area contributed by atoms with Gasteiger partial charge in [-0.1, -0.05) is 56.3 Å². The Morgan fingerprint density at radius 1 is 0.739 bits per heavy atom. The largest absolute Gasteiger partial charge is 0.399 e. The molecule has 2 N–H and O–H groups in total. The van der Waals surface area contributed by atoms with Crippen LogP contribution in [-0.4, -0.2) is 0 Å². The lowest BCUT2D eigenvalue weighted by molar-refractivity contribution is 0.660. The number of rotatable bonds is 1. The molecule has 0 atom stereocenters. The van der Waals surface area contributed by atoms with Crippen molar-refractivity contribution in [2.75, 3.05) is 5.73 Å². The van der Waals surface area contributed by atoms with E-state index in [1.54, 1.807) is 0 Å². The van der Waals surface area contributed by atoms with E-state index in [0.29, 0.717) is 0 Å². The molecular weight excluding hydrogens is 278 g/mol. The van der Waals surface area contributed by atoms with Gasteiger partial charge in [0.05, 0.1) is 0 Å². The second kappa shape index (κ2) is 4.73. The highest BCUT2D eigenvalue weighted by atomic mass is 14.5. The van der Waals surface area contributed by atoms with Gasteiger partial charge in [0.2, 0.25) is 0 Å². The van der Waals surface area contributed by atoms with Crippen molar-refractivity contribution < 1.29 is 0 Å². The van der Waals surface area contributed by atoms with Crippen LogP contribution in [-0.2, 0) is 5.41 Å². The molecule has 0 bridgehead atoms. The van der Waals surface area contributed by atoms with Gasteiger partial charge in [0.15, 0.2) is 0 Å². The molecule has 0 aliphatic heterocycles. The first kappa shape index (κ1) is 14.1. The maximum atomic E-state index is 5.83. The molecule has 3 aromatic rings. The summed E-state index contributed by atoms with van der Waals surface area (Å²) in [5.41, 5.74) is 16.1. The van der Waals surface area contributed by atoms with Gasteiger partial charge in [-0.25, -0.2) is 0 Å². The fraction of sp³-hybridized carbons (Fsp3) is 0.182. The molecule has 0 aromatic heterocycles. The molecule has 0 saturated heterocycles. The van der Waals surface area contributed by atoms with Crippen molar-refractivity contribution in [3.63, 3.8) is 0 Å². The van der Waals surface area contributed by atoms with Gasteiger partial charge in [0.25, 0.3) is 0 Å². The van der Waals surface area contributed by atoms with Gasteiger partial charge in [-0.05, 0) is 64.1 Å². The summed E-state index contributed by atoms with van der Waals surface area (Å²) in [7, 11) is 0. The van der Waals surface area contributed by atoms with Gasteiger partial charge in [-0.15, -0.1) is 0 Å². The molecular formula is C22H21N. The normalized spacial score (nSPS) is 14.4. The standard InChI is InChI=1S/C22H21N/c1-14-12-21-19(13-18(14)15-8-10-16(23)11-9-15)17-6-4-5-7-20(17)22(21,2)3/h4-13H,23H2,1-3H3. The Kier molecular flexibility index (Phi) is 2.89. The molecule has 4 rings (SSSR count). The minimum atomic E-state index is 0.0658. The predicted molar refractivity (Wildman–Crippen MR) is 98.6 cm³/mol. The smallest absolute Gasteiger partial charge is 0.0314 e. The summed E-state index contributed by atoms with van der Waals surface area (Å²) in [4.78, 5) is 0. The number of hydrogen-bond acceptors (Lipinski definition) is 1. The third-order valence-corrected chi connectivity index (χ3v) is 5.15. The van der Waals surface area contributed by atoms with E-state index < -0.39 is 0 Å². The number of nitrogen functional groups attached to an aromatic ring is 1. The lowest BCUT2D eigenvalue weighted by atomic mass is 9.81. The summed E-state index contributed by atoms with van der Waals surface area (Å²) in [6.45, 7) is 6.84.